The van der Waals surface area contributed by atoms with Crippen LogP contribution in [0.4, 0.5) is 0 Å². The van der Waals surface area contributed by atoms with Crippen LogP contribution in [0.3, 0.4) is 0 Å². The molecule has 2 heteroatoms. The quantitative estimate of drug-likeness (QED) is 0.0898. The Morgan fingerprint density at radius 1 is 0.385 bits per heavy atom. The molecule has 1 rings (SSSR count). The second kappa shape index (κ2) is 28.4. The van der Waals surface area contributed by atoms with E-state index in [0.29, 0.717) is 0 Å². The van der Waals surface area contributed by atoms with Crippen molar-refractivity contribution in [2.45, 2.75) is 181 Å². The number of rotatable bonds is 30. The van der Waals surface area contributed by atoms with E-state index in [0.717, 1.165) is 43.1 Å². The average Bonchev–Trinajstić information content (AvgIpc) is 2.93. The van der Waals surface area contributed by atoms with Crippen LogP contribution in [0.5, 0.6) is 11.5 Å². The van der Waals surface area contributed by atoms with Crippen molar-refractivity contribution in [2.75, 3.05) is 13.2 Å². The fraction of sp³-hybridized carbons (Fsp3) is 0.811. The first-order valence-electron chi connectivity index (χ1n) is 17.5. The van der Waals surface area contributed by atoms with Crippen LogP contribution in [0, 0.1) is 6.92 Å². The van der Waals surface area contributed by atoms with E-state index in [-0.39, 0.29) is 0 Å². The minimum Gasteiger partial charge on any atom is -0.493 e. The lowest BCUT2D eigenvalue weighted by atomic mass is 10.0. The van der Waals surface area contributed by atoms with Crippen molar-refractivity contribution in [3.63, 3.8) is 0 Å². The normalized spacial score (nSPS) is 11.3. The summed E-state index contributed by atoms with van der Waals surface area (Å²) in [5.41, 5.74) is 0.971. The van der Waals surface area contributed by atoms with Gasteiger partial charge in [-0.3, -0.25) is 0 Å². The fourth-order valence-electron chi connectivity index (χ4n) is 5.42. The van der Waals surface area contributed by atoms with Crippen molar-refractivity contribution < 1.29 is 9.47 Å². The Hall–Kier alpha value is -1.18. The Morgan fingerprint density at radius 3 is 0.923 bits per heavy atom. The van der Waals surface area contributed by atoms with Crippen LogP contribution < -0.4 is 9.47 Å². The SMILES string of the molecule is [CH2]c1cc(OCCCCCCCCCCCCCCC)cc(OCCCCCCCCCCCCCCC)c1. The lowest BCUT2D eigenvalue weighted by Gasteiger charge is -2.11. The van der Waals surface area contributed by atoms with Gasteiger partial charge in [-0.05, 0) is 37.5 Å². The summed E-state index contributed by atoms with van der Waals surface area (Å²) in [4.78, 5) is 0. The second-order valence-electron chi connectivity index (χ2n) is 12.0. The molecule has 1 radical (unpaired) electrons. The summed E-state index contributed by atoms with van der Waals surface area (Å²) >= 11 is 0. The Bertz CT molecular complexity index is 576. The third kappa shape index (κ3) is 24.3. The predicted octanol–water partition coefficient (Wildman–Crippen LogP) is 12.8. The molecule has 0 saturated carbocycles. The van der Waals surface area contributed by atoms with Gasteiger partial charge in [0.2, 0.25) is 0 Å². The topological polar surface area (TPSA) is 18.5 Å². The van der Waals surface area contributed by atoms with Gasteiger partial charge in [0.25, 0.3) is 0 Å². The maximum absolute atomic E-state index is 6.03. The van der Waals surface area contributed by atoms with Gasteiger partial charge < -0.3 is 9.47 Å². The first-order valence-corrected chi connectivity index (χ1v) is 17.5. The number of unbranched alkanes of at least 4 members (excludes halogenated alkanes) is 24. The molecule has 227 valence electrons. The minimum absolute atomic E-state index is 0.791. The van der Waals surface area contributed by atoms with Crippen molar-refractivity contribution in [2.24, 2.45) is 0 Å². The summed E-state index contributed by atoms with van der Waals surface area (Å²) in [6, 6.07) is 6.10. The van der Waals surface area contributed by atoms with Crippen LogP contribution in [0.1, 0.15) is 186 Å². The highest BCUT2D eigenvalue weighted by Crippen LogP contribution is 2.23. The van der Waals surface area contributed by atoms with Gasteiger partial charge in [0.15, 0.2) is 0 Å². The molecule has 0 saturated heterocycles. The molecule has 0 amide bonds. The van der Waals surface area contributed by atoms with Gasteiger partial charge in [-0.2, -0.15) is 0 Å². The fourth-order valence-corrected chi connectivity index (χ4v) is 5.42. The summed E-state index contributed by atoms with van der Waals surface area (Å²) in [5, 5.41) is 0. The molecule has 0 fully saturated rings. The van der Waals surface area contributed by atoms with Crippen LogP contribution in [0.25, 0.3) is 0 Å². The number of ether oxygens (including phenoxy) is 2. The molecule has 0 bridgehead atoms. The van der Waals surface area contributed by atoms with Crippen LogP contribution in [-0.4, -0.2) is 13.2 Å². The smallest absolute Gasteiger partial charge is 0.123 e. The third-order valence-electron chi connectivity index (χ3n) is 7.97. The Kier molecular flexibility index (Phi) is 26.1. The molecule has 0 spiro atoms. The molecule has 0 aliphatic heterocycles. The van der Waals surface area contributed by atoms with Crippen LogP contribution in [0.2, 0.25) is 0 Å². The van der Waals surface area contributed by atoms with E-state index >= 15 is 0 Å². The summed E-state index contributed by atoms with van der Waals surface area (Å²) in [6.45, 7) is 10.3. The second-order valence-corrected chi connectivity index (χ2v) is 12.0. The minimum atomic E-state index is 0.791. The van der Waals surface area contributed by atoms with Gasteiger partial charge in [-0.15, -0.1) is 0 Å². The molecule has 0 aliphatic rings. The molecule has 0 aromatic heterocycles. The van der Waals surface area contributed by atoms with Gasteiger partial charge in [0, 0.05) is 6.07 Å². The molecule has 39 heavy (non-hydrogen) atoms. The molecule has 1 aromatic rings. The van der Waals surface area contributed by atoms with Gasteiger partial charge in [-0.1, -0.05) is 168 Å². The lowest BCUT2D eigenvalue weighted by molar-refractivity contribution is 0.289. The summed E-state index contributed by atoms with van der Waals surface area (Å²) < 4.78 is 12.1. The van der Waals surface area contributed by atoms with E-state index in [2.05, 4.69) is 20.8 Å². The lowest BCUT2D eigenvalue weighted by Crippen LogP contribution is -2.00. The molecule has 0 heterocycles. The summed E-state index contributed by atoms with van der Waals surface area (Å²) in [7, 11) is 0. The van der Waals surface area contributed by atoms with E-state index < -0.39 is 0 Å². The van der Waals surface area contributed by atoms with Gasteiger partial charge >= 0.3 is 0 Å². The van der Waals surface area contributed by atoms with Crippen molar-refractivity contribution in [1.29, 1.82) is 0 Å². The number of benzene rings is 1. The molecular formula is C37H67O2. The largest absolute Gasteiger partial charge is 0.493 e. The van der Waals surface area contributed by atoms with Gasteiger partial charge in [0.05, 0.1) is 13.2 Å². The van der Waals surface area contributed by atoms with Crippen molar-refractivity contribution in [3.8, 4) is 11.5 Å². The van der Waals surface area contributed by atoms with E-state index in [4.69, 9.17) is 9.47 Å². The maximum Gasteiger partial charge on any atom is 0.123 e. The van der Waals surface area contributed by atoms with Gasteiger partial charge in [0.1, 0.15) is 11.5 Å². The maximum atomic E-state index is 6.03. The van der Waals surface area contributed by atoms with E-state index in [1.807, 2.05) is 18.2 Å². The number of hydrogen-bond donors (Lipinski definition) is 0. The molecule has 0 unspecified atom stereocenters. The standard InChI is InChI=1S/C37H67O2/c1-4-6-8-10-12-14-16-18-20-22-24-26-28-30-38-36-32-35(3)33-37(34-36)39-31-29-27-25-23-21-19-17-15-13-11-9-7-5-2/h32-34H,3-31H2,1-2H3. The van der Waals surface area contributed by atoms with Crippen molar-refractivity contribution in [3.05, 3.63) is 30.7 Å². The summed E-state index contributed by atoms with van der Waals surface area (Å²) in [6.07, 6.45) is 35.8. The molecule has 0 atom stereocenters. The summed E-state index contributed by atoms with van der Waals surface area (Å²) in [5.74, 6) is 1.81. The van der Waals surface area contributed by atoms with E-state index in [9.17, 15) is 0 Å². The zero-order chi connectivity index (χ0) is 28.1. The Balaban J connectivity index is 1.95. The predicted molar refractivity (Wildman–Crippen MR) is 173 cm³/mol. The first kappa shape index (κ1) is 35.8. The highest BCUT2D eigenvalue weighted by atomic mass is 16.5. The monoisotopic (exact) mass is 544 g/mol. The first-order chi connectivity index (χ1) is 19.3. The Labute approximate surface area is 245 Å². The van der Waals surface area contributed by atoms with Gasteiger partial charge in [-0.25, -0.2) is 0 Å². The van der Waals surface area contributed by atoms with Crippen LogP contribution in [-0.2, 0) is 0 Å². The third-order valence-corrected chi connectivity index (χ3v) is 7.97. The van der Waals surface area contributed by atoms with Crippen molar-refractivity contribution in [1.82, 2.24) is 0 Å². The molecular weight excluding hydrogens is 476 g/mol. The highest BCUT2D eigenvalue weighted by Gasteiger charge is 2.02. The molecule has 0 aliphatic carbocycles. The molecule has 1 aromatic carbocycles. The van der Waals surface area contributed by atoms with E-state index in [1.165, 1.54) is 154 Å². The average molecular weight is 544 g/mol. The zero-order valence-electron chi connectivity index (χ0n) is 26.6. The zero-order valence-corrected chi connectivity index (χ0v) is 26.6. The van der Waals surface area contributed by atoms with Crippen molar-refractivity contribution >= 4 is 0 Å². The van der Waals surface area contributed by atoms with Crippen LogP contribution in [0.15, 0.2) is 18.2 Å². The molecule has 0 N–H and O–H groups in total. The Morgan fingerprint density at radius 2 is 0.641 bits per heavy atom. The molecule has 2 nitrogen and oxygen atoms in total. The number of hydrogen-bond acceptors (Lipinski definition) is 2. The van der Waals surface area contributed by atoms with E-state index in [1.54, 1.807) is 0 Å². The highest BCUT2D eigenvalue weighted by molar-refractivity contribution is 5.39. The van der Waals surface area contributed by atoms with Crippen LogP contribution >= 0.6 is 0 Å².